The number of phenolic OH excluding ortho intramolecular Hbond substituents is 1. The Morgan fingerprint density at radius 2 is 1.76 bits per heavy atom. The van der Waals surface area contributed by atoms with Gasteiger partial charge in [0.15, 0.2) is 0 Å². The third kappa shape index (κ3) is 3.18. The van der Waals surface area contributed by atoms with Crippen LogP contribution in [0.3, 0.4) is 0 Å². The van der Waals surface area contributed by atoms with E-state index in [9.17, 15) is 19.5 Å². The highest BCUT2D eigenvalue weighted by Crippen LogP contribution is 2.32. The van der Waals surface area contributed by atoms with Crippen molar-refractivity contribution in [3.8, 4) is 5.75 Å². The molecule has 0 saturated carbocycles. The van der Waals surface area contributed by atoms with Crippen molar-refractivity contribution >= 4 is 45.4 Å². The van der Waals surface area contributed by atoms with E-state index in [0.29, 0.717) is 20.5 Å². The first kappa shape index (κ1) is 16.9. The quantitative estimate of drug-likeness (QED) is 0.608. The number of aromatic hydroxyl groups is 1. The molecular formula is C18H12BrNO5. The Bertz CT molecular complexity index is 935. The minimum atomic E-state index is -1.29. The number of hydrogen-bond acceptors (Lipinski definition) is 4. The zero-order chi connectivity index (χ0) is 18.1. The third-order valence-corrected chi connectivity index (χ3v) is 4.24. The molecule has 2 aromatic rings. The topological polar surface area (TPSA) is 94.9 Å². The molecule has 3 rings (SSSR count). The maximum Gasteiger partial charge on any atom is 0.323 e. The highest BCUT2D eigenvalue weighted by molar-refractivity contribution is 9.10. The van der Waals surface area contributed by atoms with Crippen molar-refractivity contribution < 1.29 is 24.6 Å². The van der Waals surface area contributed by atoms with Crippen LogP contribution in [0.1, 0.15) is 21.5 Å². The summed E-state index contributed by atoms with van der Waals surface area (Å²) in [5, 5.41) is 19.0. The predicted octanol–water partition coefficient (Wildman–Crippen LogP) is 2.76. The second-order valence-corrected chi connectivity index (χ2v) is 6.31. The van der Waals surface area contributed by atoms with Crippen molar-refractivity contribution in [2.45, 2.75) is 0 Å². The third-order valence-electron chi connectivity index (χ3n) is 3.75. The first-order chi connectivity index (χ1) is 11.9. The Hall–Kier alpha value is -2.93. The molecule has 25 heavy (non-hydrogen) atoms. The average Bonchev–Trinajstić information content (AvgIpc) is 2.58. The highest BCUT2D eigenvalue weighted by Gasteiger charge is 2.35. The van der Waals surface area contributed by atoms with Crippen LogP contribution in [0.25, 0.3) is 11.6 Å². The SMILES string of the molecule is O=C(O)CN1C(=O)/C(=C\c2cc(Br)ccc2O)c2ccccc2C1=O. The molecule has 0 aliphatic carbocycles. The van der Waals surface area contributed by atoms with Gasteiger partial charge in [-0.2, -0.15) is 0 Å². The van der Waals surface area contributed by atoms with Gasteiger partial charge in [0.25, 0.3) is 11.8 Å². The molecule has 1 heterocycles. The van der Waals surface area contributed by atoms with Gasteiger partial charge < -0.3 is 10.2 Å². The van der Waals surface area contributed by atoms with Crippen LogP contribution in [-0.2, 0) is 9.59 Å². The van der Waals surface area contributed by atoms with E-state index in [4.69, 9.17) is 5.11 Å². The number of aliphatic carboxylic acids is 1. The molecule has 0 atom stereocenters. The van der Waals surface area contributed by atoms with Gasteiger partial charge in [0.2, 0.25) is 0 Å². The minimum absolute atomic E-state index is 0.0392. The number of carbonyl (C=O) groups is 3. The number of amides is 2. The molecule has 6 nitrogen and oxygen atoms in total. The number of hydrogen-bond donors (Lipinski definition) is 2. The number of carbonyl (C=O) groups excluding carboxylic acids is 2. The van der Waals surface area contributed by atoms with Gasteiger partial charge in [0.1, 0.15) is 12.3 Å². The van der Waals surface area contributed by atoms with Crippen LogP contribution in [-0.4, -0.2) is 39.4 Å². The number of fused-ring (bicyclic) bond motifs is 1. The van der Waals surface area contributed by atoms with Crippen LogP contribution in [0.4, 0.5) is 0 Å². The van der Waals surface area contributed by atoms with Crippen LogP contribution >= 0.6 is 15.9 Å². The summed E-state index contributed by atoms with van der Waals surface area (Å²) < 4.78 is 0.701. The average molecular weight is 402 g/mol. The van der Waals surface area contributed by atoms with Crippen molar-refractivity contribution in [1.29, 1.82) is 0 Å². The molecule has 0 aromatic heterocycles. The van der Waals surface area contributed by atoms with Crippen LogP contribution in [0.2, 0.25) is 0 Å². The molecule has 2 N–H and O–H groups in total. The fraction of sp³-hybridized carbons (Fsp3) is 0.0556. The van der Waals surface area contributed by atoms with Gasteiger partial charge in [-0.1, -0.05) is 34.1 Å². The van der Waals surface area contributed by atoms with Gasteiger partial charge in [-0.3, -0.25) is 19.3 Å². The van der Waals surface area contributed by atoms with Crippen molar-refractivity contribution in [1.82, 2.24) is 4.90 Å². The molecule has 2 aromatic carbocycles. The number of halogens is 1. The summed E-state index contributed by atoms with van der Waals surface area (Å²) in [6.45, 7) is -0.728. The van der Waals surface area contributed by atoms with E-state index in [1.807, 2.05) is 0 Å². The van der Waals surface area contributed by atoms with E-state index in [1.54, 1.807) is 30.3 Å². The molecule has 126 valence electrons. The number of carboxylic acids is 1. The molecule has 0 spiro atoms. The van der Waals surface area contributed by atoms with Gasteiger partial charge in [0, 0.05) is 21.2 Å². The maximum absolute atomic E-state index is 12.7. The predicted molar refractivity (Wildman–Crippen MR) is 93.8 cm³/mol. The number of carboxylic acid groups (broad SMARTS) is 1. The molecular weight excluding hydrogens is 390 g/mol. The second kappa shape index (κ2) is 6.52. The lowest BCUT2D eigenvalue weighted by Gasteiger charge is -2.27. The van der Waals surface area contributed by atoms with Gasteiger partial charge in [-0.15, -0.1) is 0 Å². The highest BCUT2D eigenvalue weighted by atomic mass is 79.9. The van der Waals surface area contributed by atoms with E-state index >= 15 is 0 Å². The lowest BCUT2D eigenvalue weighted by Crippen LogP contribution is -2.44. The number of rotatable bonds is 3. The second-order valence-electron chi connectivity index (χ2n) is 5.40. The van der Waals surface area contributed by atoms with Crippen LogP contribution in [0.5, 0.6) is 5.75 Å². The summed E-state index contributed by atoms with van der Waals surface area (Å²) >= 11 is 3.29. The summed E-state index contributed by atoms with van der Waals surface area (Å²) in [5.41, 5.74) is 1.16. The first-order valence-electron chi connectivity index (χ1n) is 7.26. The molecule has 1 aliphatic rings. The van der Waals surface area contributed by atoms with Crippen molar-refractivity contribution in [2.24, 2.45) is 0 Å². The Balaban J connectivity index is 2.20. The molecule has 2 amide bonds. The van der Waals surface area contributed by atoms with Gasteiger partial charge in [-0.25, -0.2) is 0 Å². The van der Waals surface area contributed by atoms with E-state index in [0.717, 1.165) is 0 Å². The smallest absolute Gasteiger partial charge is 0.323 e. The molecule has 0 bridgehead atoms. The maximum atomic E-state index is 12.7. The summed E-state index contributed by atoms with van der Waals surface area (Å²) in [7, 11) is 0. The lowest BCUT2D eigenvalue weighted by atomic mass is 9.92. The van der Waals surface area contributed by atoms with Crippen LogP contribution in [0, 0.1) is 0 Å². The van der Waals surface area contributed by atoms with Crippen molar-refractivity contribution in [3.05, 3.63) is 63.6 Å². The zero-order valence-electron chi connectivity index (χ0n) is 12.8. The Kier molecular flexibility index (Phi) is 4.41. The molecule has 0 fully saturated rings. The zero-order valence-corrected chi connectivity index (χ0v) is 14.4. The Labute approximate surface area is 151 Å². The van der Waals surface area contributed by atoms with E-state index in [-0.39, 0.29) is 16.9 Å². The van der Waals surface area contributed by atoms with Gasteiger partial charge in [-0.05, 0) is 35.9 Å². The van der Waals surface area contributed by atoms with Gasteiger partial charge >= 0.3 is 5.97 Å². The molecule has 0 saturated heterocycles. The largest absolute Gasteiger partial charge is 0.507 e. The minimum Gasteiger partial charge on any atom is -0.507 e. The number of imide groups is 1. The van der Waals surface area contributed by atoms with Gasteiger partial charge in [0.05, 0.1) is 0 Å². The van der Waals surface area contributed by atoms with E-state index < -0.39 is 24.3 Å². The van der Waals surface area contributed by atoms with Crippen LogP contribution in [0.15, 0.2) is 46.9 Å². The van der Waals surface area contributed by atoms with E-state index in [1.165, 1.54) is 18.2 Å². The monoisotopic (exact) mass is 401 g/mol. The Morgan fingerprint density at radius 1 is 1.08 bits per heavy atom. The summed E-state index contributed by atoms with van der Waals surface area (Å²) in [6.07, 6.45) is 1.45. The van der Waals surface area contributed by atoms with Crippen molar-refractivity contribution in [2.75, 3.05) is 6.54 Å². The summed E-state index contributed by atoms with van der Waals surface area (Å²) in [5.74, 6) is -2.70. The number of benzene rings is 2. The molecule has 1 aliphatic heterocycles. The van der Waals surface area contributed by atoms with Crippen molar-refractivity contribution in [3.63, 3.8) is 0 Å². The summed E-state index contributed by atoms with van der Waals surface area (Å²) in [6, 6.07) is 11.2. The number of nitrogens with zero attached hydrogens (tertiary/aromatic N) is 1. The fourth-order valence-corrected chi connectivity index (χ4v) is 3.00. The molecule has 7 heteroatoms. The molecule has 0 radical (unpaired) electrons. The molecule has 0 unspecified atom stereocenters. The summed E-state index contributed by atoms with van der Waals surface area (Å²) in [4.78, 5) is 36.9. The lowest BCUT2D eigenvalue weighted by molar-refractivity contribution is -0.141. The number of phenols is 1. The Morgan fingerprint density at radius 3 is 2.44 bits per heavy atom. The normalized spacial score (nSPS) is 15.4. The first-order valence-corrected chi connectivity index (χ1v) is 8.05. The van der Waals surface area contributed by atoms with Crippen LogP contribution < -0.4 is 0 Å². The standard InChI is InChI=1S/C18H12BrNO5/c19-11-5-6-15(21)10(7-11)8-14-12-3-1-2-4-13(12)17(24)20(18(14)25)9-16(22)23/h1-8,21H,9H2,(H,22,23)/b14-8-. The van der Waals surface area contributed by atoms with E-state index in [2.05, 4.69) is 15.9 Å². The fourth-order valence-electron chi connectivity index (χ4n) is 2.62.